The molecule has 0 spiro atoms. The maximum Gasteiger partial charge on any atom is 0.317 e. The van der Waals surface area contributed by atoms with Crippen molar-refractivity contribution in [1.82, 2.24) is 14.7 Å². The molecule has 152 valence electrons. The van der Waals surface area contributed by atoms with Crippen molar-refractivity contribution in [3.63, 3.8) is 0 Å². The fourth-order valence-electron chi connectivity index (χ4n) is 2.11. The number of aliphatic carboxylic acids is 3. The average Bonchev–Trinajstić information content (AvgIpc) is 2.56. The molecule has 0 aromatic heterocycles. The number of carboxylic acid groups (broad SMARTS) is 3. The van der Waals surface area contributed by atoms with Crippen molar-refractivity contribution >= 4 is 24.2 Å². The monoisotopic (exact) mass is 377 g/mol. The lowest BCUT2D eigenvalue weighted by molar-refractivity contribution is -0.143. The van der Waals surface area contributed by atoms with Crippen molar-refractivity contribution < 1.29 is 34.5 Å². The van der Waals surface area contributed by atoms with Crippen LogP contribution in [0.4, 0.5) is 0 Å². The maximum absolute atomic E-state index is 10.9. The van der Waals surface area contributed by atoms with E-state index in [9.17, 15) is 19.2 Å². The number of carbonyl (C=O) groups excluding carboxylic acids is 1. The molecular formula is C16H31N3O7. The molecule has 0 fully saturated rings. The predicted octanol–water partition coefficient (Wildman–Crippen LogP) is -0.609. The molecule has 0 atom stereocenters. The molecule has 10 heteroatoms. The molecule has 0 aromatic rings. The number of hydrogen-bond acceptors (Lipinski definition) is 7. The van der Waals surface area contributed by atoms with Gasteiger partial charge in [-0.05, 0) is 6.54 Å². The Morgan fingerprint density at radius 2 is 1.08 bits per heavy atom. The highest BCUT2D eigenvalue weighted by atomic mass is 16.4. The Labute approximate surface area is 154 Å². The lowest BCUT2D eigenvalue weighted by atomic mass is 10.3. The smallest absolute Gasteiger partial charge is 0.317 e. The number of rotatable bonds is 15. The van der Waals surface area contributed by atoms with Crippen LogP contribution in [0.1, 0.15) is 20.8 Å². The molecule has 0 aliphatic carbocycles. The van der Waals surface area contributed by atoms with E-state index in [-0.39, 0.29) is 26.2 Å². The lowest BCUT2D eigenvalue weighted by Crippen LogP contribution is -2.44. The second kappa shape index (κ2) is 16.4. The molecule has 0 unspecified atom stereocenters. The van der Waals surface area contributed by atoms with Gasteiger partial charge in [0.2, 0.25) is 0 Å². The van der Waals surface area contributed by atoms with Crippen LogP contribution in [0.5, 0.6) is 0 Å². The molecule has 3 N–H and O–H groups in total. The lowest BCUT2D eigenvalue weighted by Gasteiger charge is -2.27. The Morgan fingerprint density at radius 1 is 0.731 bits per heavy atom. The van der Waals surface area contributed by atoms with Crippen LogP contribution in [0.2, 0.25) is 0 Å². The van der Waals surface area contributed by atoms with E-state index in [0.717, 1.165) is 6.29 Å². The van der Waals surface area contributed by atoms with Crippen LogP contribution >= 0.6 is 0 Å². The summed E-state index contributed by atoms with van der Waals surface area (Å²) < 4.78 is 0. The fraction of sp³-hybridized carbons (Fsp3) is 0.750. The number of nitrogens with zero attached hydrogens (tertiary/aromatic N) is 3. The standard InChI is InChI=1S/C14H25N3O7.C2H6/c1-2-15(7-8-18)3-4-16(9-12(19)20)5-6-17(10-13(21)22)11-14(23)24;1-2/h8H,2-7,9-11H2,1H3,(H,19,20)(H,21,22)(H,23,24);1-2H3. The van der Waals surface area contributed by atoms with E-state index in [1.165, 1.54) is 4.90 Å². The van der Waals surface area contributed by atoms with Crippen molar-refractivity contribution in [3.8, 4) is 0 Å². The van der Waals surface area contributed by atoms with E-state index in [1.807, 2.05) is 25.7 Å². The second-order valence-electron chi connectivity index (χ2n) is 5.23. The van der Waals surface area contributed by atoms with Crippen molar-refractivity contribution in [1.29, 1.82) is 0 Å². The van der Waals surface area contributed by atoms with Gasteiger partial charge in [-0.25, -0.2) is 0 Å². The van der Waals surface area contributed by atoms with Gasteiger partial charge in [0.1, 0.15) is 6.29 Å². The Morgan fingerprint density at radius 3 is 1.42 bits per heavy atom. The van der Waals surface area contributed by atoms with Gasteiger partial charge in [0.25, 0.3) is 0 Å². The fourth-order valence-corrected chi connectivity index (χ4v) is 2.11. The minimum Gasteiger partial charge on any atom is -0.480 e. The molecule has 0 saturated carbocycles. The quantitative estimate of drug-likeness (QED) is 0.317. The first kappa shape index (κ1) is 26.2. The van der Waals surface area contributed by atoms with Crippen molar-refractivity contribution in [2.75, 3.05) is 58.9 Å². The summed E-state index contributed by atoms with van der Waals surface area (Å²) in [6.45, 7) is 6.86. The summed E-state index contributed by atoms with van der Waals surface area (Å²) in [4.78, 5) is 47.7. The molecule has 0 saturated heterocycles. The zero-order valence-corrected chi connectivity index (χ0v) is 15.8. The summed E-state index contributed by atoms with van der Waals surface area (Å²) in [5, 5.41) is 26.5. The molecule has 0 rings (SSSR count). The first-order valence-corrected chi connectivity index (χ1v) is 8.54. The molecule has 0 aromatic carbocycles. The molecule has 0 aliphatic rings. The van der Waals surface area contributed by atoms with Crippen LogP contribution in [0.3, 0.4) is 0 Å². The summed E-state index contributed by atoms with van der Waals surface area (Å²) in [5.41, 5.74) is 0. The summed E-state index contributed by atoms with van der Waals surface area (Å²) in [7, 11) is 0. The van der Waals surface area contributed by atoms with Gasteiger partial charge >= 0.3 is 17.9 Å². The normalized spacial score (nSPS) is 10.5. The van der Waals surface area contributed by atoms with Gasteiger partial charge in [0.05, 0.1) is 26.2 Å². The number of likely N-dealkylation sites (N-methyl/N-ethyl adjacent to an activating group) is 1. The third-order valence-electron chi connectivity index (χ3n) is 3.32. The Hall–Kier alpha value is -2.04. The largest absolute Gasteiger partial charge is 0.480 e. The highest BCUT2D eigenvalue weighted by Gasteiger charge is 2.17. The zero-order chi connectivity index (χ0) is 20.5. The number of carbonyl (C=O) groups is 4. The molecule has 0 amide bonds. The van der Waals surface area contributed by atoms with Gasteiger partial charge in [-0.15, -0.1) is 0 Å². The topological polar surface area (TPSA) is 139 Å². The van der Waals surface area contributed by atoms with Crippen LogP contribution in [0.15, 0.2) is 0 Å². The Balaban J connectivity index is 0. The SMILES string of the molecule is CC.CCN(CC=O)CCN(CCN(CC(=O)O)CC(=O)O)CC(=O)O. The second-order valence-corrected chi connectivity index (χ2v) is 5.23. The van der Waals surface area contributed by atoms with Crippen LogP contribution in [0.25, 0.3) is 0 Å². The molecule has 0 aliphatic heterocycles. The number of carboxylic acids is 3. The van der Waals surface area contributed by atoms with E-state index in [1.54, 1.807) is 4.90 Å². The maximum atomic E-state index is 10.9. The van der Waals surface area contributed by atoms with Crippen molar-refractivity contribution in [3.05, 3.63) is 0 Å². The first-order chi connectivity index (χ1) is 12.3. The van der Waals surface area contributed by atoms with Gasteiger partial charge in [-0.2, -0.15) is 0 Å². The summed E-state index contributed by atoms with van der Waals surface area (Å²) >= 11 is 0. The molecular weight excluding hydrogens is 346 g/mol. The van der Waals surface area contributed by atoms with Gasteiger partial charge in [0.15, 0.2) is 0 Å². The van der Waals surface area contributed by atoms with Crippen LogP contribution in [-0.2, 0) is 19.2 Å². The van der Waals surface area contributed by atoms with Gasteiger partial charge in [-0.1, -0.05) is 20.8 Å². The van der Waals surface area contributed by atoms with Gasteiger partial charge in [0, 0.05) is 26.2 Å². The number of hydrogen-bond donors (Lipinski definition) is 3. The minimum atomic E-state index is -1.15. The van der Waals surface area contributed by atoms with E-state index in [4.69, 9.17) is 15.3 Å². The number of aldehydes is 1. The summed E-state index contributed by atoms with van der Waals surface area (Å²) in [5.74, 6) is -3.33. The zero-order valence-electron chi connectivity index (χ0n) is 15.8. The first-order valence-electron chi connectivity index (χ1n) is 8.54. The summed E-state index contributed by atoms with van der Waals surface area (Å²) in [6, 6.07) is 0. The predicted molar refractivity (Wildman–Crippen MR) is 95.3 cm³/mol. The van der Waals surface area contributed by atoms with Crippen LogP contribution < -0.4 is 0 Å². The van der Waals surface area contributed by atoms with E-state index in [2.05, 4.69) is 0 Å². The minimum absolute atomic E-state index is 0.117. The third kappa shape index (κ3) is 15.5. The highest BCUT2D eigenvalue weighted by molar-refractivity contribution is 5.72. The van der Waals surface area contributed by atoms with Crippen molar-refractivity contribution in [2.24, 2.45) is 0 Å². The molecule has 10 nitrogen and oxygen atoms in total. The van der Waals surface area contributed by atoms with Crippen LogP contribution in [0, 0.1) is 0 Å². The summed E-state index contributed by atoms with van der Waals surface area (Å²) in [6.07, 6.45) is 0.770. The van der Waals surface area contributed by atoms with Gasteiger partial charge < -0.3 is 20.1 Å². The molecule has 0 heterocycles. The third-order valence-corrected chi connectivity index (χ3v) is 3.32. The van der Waals surface area contributed by atoms with E-state index < -0.39 is 31.0 Å². The van der Waals surface area contributed by atoms with Gasteiger partial charge in [-0.3, -0.25) is 29.1 Å². The van der Waals surface area contributed by atoms with E-state index >= 15 is 0 Å². The van der Waals surface area contributed by atoms with Crippen molar-refractivity contribution in [2.45, 2.75) is 20.8 Å². The Kier molecular flexibility index (Phi) is 16.6. The average molecular weight is 377 g/mol. The highest BCUT2D eigenvalue weighted by Crippen LogP contribution is 1.96. The molecule has 26 heavy (non-hydrogen) atoms. The molecule has 0 radical (unpaired) electrons. The van der Waals surface area contributed by atoms with E-state index in [0.29, 0.717) is 19.6 Å². The van der Waals surface area contributed by atoms with Crippen LogP contribution in [-0.4, -0.2) is 113 Å². The Bertz CT molecular complexity index is 416. The molecule has 0 bridgehead atoms.